The molecule has 0 rings (SSSR count). The summed E-state index contributed by atoms with van der Waals surface area (Å²) in [5.74, 6) is 0. The second-order valence-electron chi connectivity index (χ2n) is 9.45. The van der Waals surface area contributed by atoms with Crippen LogP contribution in [0.5, 0.6) is 0 Å². The number of phosphoric acid groups is 1. The molecule has 0 aromatic carbocycles. The average molecular weight is 540 g/mol. The van der Waals surface area contributed by atoms with Crippen LogP contribution in [0.2, 0.25) is 20.8 Å². The van der Waals surface area contributed by atoms with Crippen molar-refractivity contribution in [2.75, 3.05) is 13.2 Å². The van der Waals surface area contributed by atoms with E-state index in [0.717, 1.165) is 18.1 Å². The molecule has 0 aliphatic heterocycles. The van der Waals surface area contributed by atoms with E-state index >= 15 is 0 Å². The molecular formula is C26H57AsO4P+. The van der Waals surface area contributed by atoms with Crippen LogP contribution in [0.15, 0.2) is 0 Å². The number of hydrogen-bond acceptors (Lipinski definition) is 3. The van der Waals surface area contributed by atoms with Gasteiger partial charge in [-0.25, -0.2) is 0 Å². The summed E-state index contributed by atoms with van der Waals surface area (Å²) in [6.45, 7) is 9.74. The topological polar surface area (TPSA) is 55.8 Å². The van der Waals surface area contributed by atoms with Crippen molar-refractivity contribution in [3.63, 3.8) is 0 Å². The van der Waals surface area contributed by atoms with Crippen molar-refractivity contribution in [3.8, 4) is 0 Å². The third kappa shape index (κ3) is 19.0. The third-order valence-corrected chi connectivity index (χ3v) is 18.9. The van der Waals surface area contributed by atoms with Crippen LogP contribution in [0, 0.1) is 0 Å². The van der Waals surface area contributed by atoms with E-state index in [-0.39, 0.29) is 0 Å². The quantitative estimate of drug-likeness (QED) is 0.0713. The van der Waals surface area contributed by atoms with Gasteiger partial charge in [0.15, 0.2) is 0 Å². The van der Waals surface area contributed by atoms with Crippen molar-refractivity contribution < 1.29 is 18.5 Å². The van der Waals surface area contributed by atoms with Crippen molar-refractivity contribution in [2.24, 2.45) is 0 Å². The Morgan fingerprint density at radius 3 is 1.28 bits per heavy atom. The molecule has 0 saturated carbocycles. The van der Waals surface area contributed by atoms with Gasteiger partial charge < -0.3 is 0 Å². The molecule has 0 bridgehead atoms. The summed E-state index contributed by atoms with van der Waals surface area (Å²) in [5, 5.41) is 4.70. The fraction of sp³-hybridized carbons (Fsp3) is 1.00. The van der Waals surface area contributed by atoms with E-state index in [2.05, 4.69) is 27.7 Å². The van der Waals surface area contributed by atoms with Crippen LogP contribution in [-0.4, -0.2) is 31.7 Å². The third-order valence-electron chi connectivity index (χ3n) is 7.08. The maximum atomic E-state index is 12.1. The predicted molar refractivity (Wildman–Crippen MR) is 143 cm³/mol. The van der Waals surface area contributed by atoms with Gasteiger partial charge in [0.25, 0.3) is 0 Å². The fourth-order valence-electron chi connectivity index (χ4n) is 4.36. The average Bonchev–Trinajstić information content (AvgIpc) is 2.79. The summed E-state index contributed by atoms with van der Waals surface area (Å²) in [4.78, 5) is 9.89. The van der Waals surface area contributed by atoms with Gasteiger partial charge in [0, 0.05) is 0 Å². The Kier molecular flexibility index (Phi) is 22.6. The summed E-state index contributed by atoms with van der Waals surface area (Å²) in [5.41, 5.74) is 0. The molecule has 0 aliphatic rings. The number of unbranched alkanes of at least 4 members (excludes halogenated alkanes) is 15. The minimum atomic E-state index is -3.87. The normalized spacial score (nSPS) is 14.0. The van der Waals surface area contributed by atoms with E-state index in [4.69, 9.17) is 9.05 Å². The Labute approximate surface area is 204 Å². The Morgan fingerprint density at radius 1 is 0.562 bits per heavy atom. The Hall–Kier alpha value is 0.668. The van der Waals surface area contributed by atoms with E-state index in [1.54, 1.807) is 0 Å². The van der Waals surface area contributed by atoms with Gasteiger partial charge in [0.05, 0.1) is 0 Å². The summed E-state index contributed by atoms with van der Waals surface area (Å²) >= 11 is -1.67. The molecule has 1 atom stereocenters. The van der Waals surface area contributed by atoms with Gasteiger partial charge in [-0.1, -0.05) is 71.1 Å². The van der Waals surface area contributed by atoms with Crippen LogP contribution < -0.4 is 0 Å². The van der Waals surface area contributed by atoms with Crippen LogP contribution in [0.4, 0.5) is 0 Å². The molecule has 0 spiro atoms. The monoisotopic (exact) mass is 539 g/mol. The molecule has 0 amide bonds. The molecule has 4 nitrogen and oxygen atoms in total. The Bertz CT molecular complexity index is 435. The van der Waals surface area contributed by atoms with Crippen LogP contribution >= 0.6 is 7.82 Å². The standard InChI is InChI=1S/C26H56AsO4P/c1-5-9-10-11-12-13-14-15-16-17-18-19-20-21-22-23-25-30-32(28,29)31-26-24-27(6-2,7-3)8-4/h5-26H2,1-4H3/p+1. The SMILES string of the molecule is CCCCCCCCCCCCCCCCCCOP(=O)(O)OCC[As+](CC)(CC)CC. The van der Waals surface area contributed by atoms with Crippen LogP contribution in [0.25, 0.3) is 0 Å². The second kappa shape index (κ2) is 22.2. The van der Waals surface area contributed by atoms with Gasteiger partial charge in [0.1, 0.15) is 0 Å². The molecule has 0 saturated heterocycles. The molecule has 0 aromatic heterocycles. The summed E-state index contributed by atoms with van der Waals surface area (Å²) < 4.78 is 22.5. The molecule has 0 aromatic rings. The zero-order valence-electron chi connectivity index (χ0n) is 22.1. The van der Waals surface area contributed by atoms with E-state index in [1.807, 2.05) is 0 Å². The number of hydrogen-bond donors (Lipinski definition) is 1. The molecule has 32 heavy (non-hydrogen) atoms. The van der Waals surface area contributed by atoms with Crippen LogP contribution in [0.1, 0.15) is 130 Å². The number of phosphoric ester groups is 1. The van der Waals surface area contributed by atoms with E-state index < -0.39 is 21.4 Å². The van der Waals surface area contributed by atoms with Crippen molar-refractivity contribution in [2.45, 2.75) is 151 Å². The van der Waals surface area contributed by atoms with Crippen molar-refractivity contribution >= 4 is 21.4 Å². The van der Waals surface area contributed by atoms with Crippen LogP contribution in [0.3, 0.4) is 0 Å². The molecule has 194 valence electrons. The minimum absolute atomic E-state index is 0.326. The molecule has 0 heterocycles. The molecule has 6 heteroatoms. The molecule has 1 unspecified atom stereocenters. The van der Waals surface area contributed by atoms with E-state index in [9.17, 15) is 9.46 Å². The molecule has 0 aliphatic carbocycles. The Balaban J connectivity index is 3.46. The first kappa shape index (κ1) is 32.7. The second-order valence-corrected chi connectivity index (χ2v) is 21.5. The van der Waals surface area contributed by atoms with Gasteiger partial charge in [-0.2, -0.15) is 0 Å². The van der Waals surface area contributed by atoms with Gasteiger partial charge in [0.2, 0.25) is 0 Å². The molecule has 1 N–H and O–H groups in total. The van der Waals surface area contributed by atoms with Gasteiger partial charge in [-0.05, 0) is 0 Å². The van der Waals surface area contributed by atoms with Crippen molar-refractivity contribution in [3.05, 3.63) is 0 Å². The predicted octanol–water partition coefficient (Wildman–Crippen LogP) is 9.89. The van der Waals surface area contributed by atoms with Crippen molar-refractivity contribution in [1.29, 1.82) is 0 Å². The van der Waals surface area contributed by atoms with E-state index in [0.29, 0.717) is 13.2 Å². The number of rotatable bonds is 25. The van der Waals surface area contributed by atoms with Crippen molar-refractivity contribution in [1.82, 2.24) is 0 Å². The zero-order chi connectivity index (χ0) is 24.0. The molecule has 0 fully saturated rings. The first-order valence-electron chi connectivity index (χ1n) is 13.9. The first-order valence-corrected chi connectivity index (χ1v) is 20.7. The fourth-order valence-corrected chi connectivity index (χ4v) is 11.2. The summed E-state index contributed by atoms with van der Waals surface area (Å²) in [6, 6.07) is 0. The van der Waals surface area contributed by atoms with Gasteiger partial charge >= 0.3 is 133 Å². The molecule has 0 radical (unpaired) electrons. The first-order chi connectivity index (χ1) is 15.4. The van der Waals surface area contributed by atoms with E-state index in [1.165, 1.54) is 106 Å². The summed E-state index contributed by atoms with van der Waals surface area (Å²) in [6.07, 6.45) is 21.1. The van der Waals surface area contributed by atoms with Gasteiger partial charge in [-0.15, -0.1) is 0 Å². The zero-order valence-corrected chi connectivity index (χ0v) is 24.9. The Morgan fingerprint density at radius 2 is 0.906 bits per heavy atom. The maximum absolute atomic E-state index is 12.1. The molecular weight excluding hydrogens is 482 g/mol. The van der Waals surface area contributed by atoms with Gasteiger partial charge in [-0.3, -0.25) is 0 Å². The van der Waals surface area contributed by atoms with Crippen LogP contribution in [-0.2, 0) is 13.6 Å². The summed E-state index contributed by atoms with van der Waals surface area (Å²) in [7, 11) is -3.87.